The summed E-state index contributed by atoms with van der Waals surface area (Å²) in [5, 5.41) is 3.77. The van der Waals surface area contributed by atoms with Crippen molar-refractivity contribution in [2.45, 2.75) is 66.8 Å². The SMILES string of the molecule is CCCCC(CC)Cn1c2ccc(C(=O)c3ccccc3F)cc2c2cc(C(=O)c3c(C)cc(C)cc3C)c3ccccc3c21. The van der Waals surface area contributed by atoms with E-state index in [1.54, 1.807) is 12.1 Å². The molecule has 0 aliphatic carbocycles. The largest absolute Gasteiger partial charge is 0.340 e. The van der Waals surface area contributed by atoms with Crippen molar-refractivity contribution in [3.8, 4) is 0 Å². The molecule has 1 unspecified atom stereocenters. The van der Waals surface area contributed by atoms with Crippen molar-refractivity contribution >= 4 is 44.1 Å². The number of halogens is 1. The number of carbonyl (C=O) groups excluding carboxylic acids is 2. The van der Waals surface area contributed by atoms with Crippen molar-refractivity contribution in [2.75, 3.05) is 0 Å². The number of carbonyl (C=O) groups is 2. The van der Waals surface area contributed by atoms with Crippen LogP contribution in [0.5, 0.6) is 0 Å². The monoisotopic (exact) mass is 597 g/mol. The average molecular weight is 598 g/mol. The van der Waals surface area contributed by atoms with Gasteiger partial charge in [0.05, 0.1) is 11.1 Å². The summed E-state index contributed by atoms with van der Waals surface area (Å²) in [6, 6.07) is 26.2. The topological polar surface area (TPSA) is 39.1 Å². The molecule has 0 radical (unpaired) electrons. The smallest absolute Gasteiger partial charge is 0.195 e. The second-order valence-corrected chi connectivity index (χ2v) is 12.5. The maximum atomic E-state index is 14.7. The number of unbranched alkanes of at least 4 members (excludes halogenated alkanes) is 1. The molecular formula is C41H40FNO2. The van der Waals surface area contributed by atoms with Crippen molar-refractivity contribution in [3.05, 3.63) is 130 Å². The van der Waals surface area contributed by atoms with Gasteiger partial charge in [-0.2, -0.15) is 0 Å². The van der Waals surface area contributed by atoms with Crippen LogP contribution in [-0.2, 0) is 6.54 Å². The molecule has 1 heterocycles. The second-order valence-electron chi connectivity index (χ2n) is 12.5. The molecule has 0 N–H and O–H groups in total. The van der Waals surface area contributed by atoms with Crippen LogP contribution in [0.3, 0.4) is 0 Å². The summed E-state index contributed by atoms with van der Waals surface area (Å²) in [7, 11) is 0. The van der Waals surface area contributed by atoms with E-state index >= 15 is 0 Å². The van der Waals surface area contributed by atoms with E-state index < -0.39 is 5.82 Å². The highest BCUT2D eigenvalue weighted by Crippen LogP contribution is 2.39. The Hall–Kier alpha value is -4.57. The Morgan fingerprint density at radius 2 is 1.42 bits per heavy atom. The molecule has 0 spiro atoms. The zero-order valence-electron chi connectivity index (χ0n) is 26.8. The van der Waals surface area contributed by atoms with Gasteiger partial charge in [-0.1, -0.05) is 87.2 Å². The van der Waals surface area contributed by atoms with E-state index in [2.05, 4.69) is 43.5 Å². The van der Waals surface area contributed by atoms with E-state index in [0.29, 0.717) is 17.0 Å². The molecule has 0 aliphatic heterocycles. The standard InChI is InChI=1S/C41H40FNO2/c1-6-8-13-28(7-2)24-43-37-19-18-29(40(44)32-16-11-12-17-36(32)42)22-33(37)34-23-35(30-14-9-10-15-31(30)39(34)43)41(45)38-26(4)20-25(3)21-27(38)5/h9-12,14-23,28H,6-8,13,24H2,1-5H3. The van der Waals surface area contributed by atoms with E-state index in [1.807, 2.05) is 56.3 Å². The molecule has 0 fully saturated rings. The van der Waals surface area contributed by atoms with Gasteiger partial charge in [-0.15, -0.1) is 0 Å². The third-order valence-electron chi connectivity index (χ3n) is 9.38. The molecule has 0 saturated heterocycles. The lowest BCUT2D eigenvalue weighted by atomic mass is 9.89. The fraction of sp³-hybridized carbons (Fsp3) is 0.268. The molecule has 6 rings (SSSR count). The lowest BCUT2D eigenvalue weighted by Gasteiger charge is -2.19. The van der Waals surface area contributed by atoms with Crippen LogP contribution >= 0.6 is 0 Å². The highest BCUT2D eigenvalue weighted by atomic mass is 19.1. The van der Waals surface area contributed by atoms with Crippen molar-refractivity contribution < 1.29 is 14.0 Å². The van der Waals surface area contributed by atoms with Gasteiger partial charge in [-0.3, -0.25) is 9.59 Å². The first kappa shape index (κ1) is 30.5. The highest BCUT2D eigenvalue weighted by molar-refractivity contribution is 6.26. The van der Waals surface area contributed by atoms with Gasteiger partial charge in [0.15, 0.2) is 11.6 Å². The molecule has 45 heavy (non-hydrogen) atoms. The first-order chi connectivity index (χ1) is 21.7. The summed E-state index contributed by atoms with van der Waals surface area (Å²) < 4.78 is 17.1. The van der Waals surface area contributed by atoms with Gasteiger partial charge in [-0.05, 0) is 86.0 Å². The third kappa shape index (κ3) is 5.48. The van der Waals surface area contributed by atoms with Crippen LogP contribution in [0.15, 0.2) is 84.9 Å². The van der Waals surface area contributed by atoms with Crippen LogP contribution in [0.2, 0.25) is 0 Å². The Bertz CT molecular complexity index is 2080. The maximum Gasteiger partial charge on any atom is 0.195 e. The number of hydrogen-bond donors (Lipinski definition) is 0. The Kier molecular flexibility index (Phi) is 8.42. The second kappa shape index (κ2) is 12.4. The molecule has 1 aromatic heterocycles. The minimum absolute atomic E-state index is 0.00281. The molecule has 6 aromatic rings. The molecule has 5 aromatic carbocycles. The summed E-state index contributed by atoms with van der Waals surface area (Å²) in [5.74, 6) is -0.402. The summed E-state index contributed by atoms with van der Waals surface area (Å²) in [5.41, 5.74) is 7.00. The zero-order valence-corrected chi connectivity index (χ0v) is 26.8. The Labute approximate surface area is 264 Å². The van der Waals surface area contributed by atoms with E-state index in [1.165, 1.54) is 18.6 Å². The minimum Gasteiger partial charge on any atom is -0.340 e. The van der Waals surface area contributed by atoms with E-state index in [4.69, 9.17) is 0 Å². The van der Waals surface area contributed by atoms with E-state index in [9.17, 15) is 14.0 Å². The molecule has 4 heteroatoms. The molecule has 0 amide bonds. The van der Waals surface area contributed by atoms with Crippen molar-refractivity contribution in [1.82, 2.24) is 4.57 Å². The Morgan fingerprint density at radius 3 is 2.11 bits per heavy atom. The van der Waals surface area contributed by atoms with Gasteiger partial charge in [0.25, 0.3) is 0 Å². The summed E-state index contributed by atoms with van der Waals surface area (Å²) >= 11 is 0. The van der Waals surface area contributed by atoms with Gasteiger partial charge in [-0.25, -0.2) is 4.39 Å². The number of aromatic nitrogens is 1. The predicted molar refractivity (Wildman–Crippen MR) is 184 cm³/mol. The molecule has 0 saturated carbocycles. The first-order valence-electron chi connectivity index (χ1n) is 16.1. The molecule has 0 bridgehead atoms. The number of rotatable bonds is 10. The maximum absolute atomic E-state index is 14.7. The minimum atomic E-state index is -0.533. The normalized spacial score (nSPS) is 12.3. The first-order valence-corrected chi connectivity index (χ1v) is 16.1. The van der Waals surface area contributed by atoms with Crippen LogP contribution in [0.25, 0.3) is 32.6 Å². The fourth-order valence-electron chi connectivity index (χ4n) is 7.13. The van der Waals surface area contributed by atoms with Gasteiger partial charge in [0, 0.05) is 44.9 Å². The Balaban J connectivity index is 1.65. The van der Waals surface area contributed by atoms with Crippen LogP contribution in [0.4, 0.5) is 4.39 Å². The molecule has 3 nitrogen and oxygen atoms in total. The number of hydrogen-bond acceptors (Lipinski definition) is 2. The third-order valence-corrected chi connectivity index (χ3v) is 9.38. The van der Waals surface area contributed by atoms with Crippen molar-refractivity contribution in [3.63, 3.8) is 0 Å². The van der Waals surface area contributed by atoms with Crippen LogP contribution in [-0.4, -0.2) is 16.1 Å². The molecule has 0 aliphatic rings. The van der Waals surface area contributed by atoms with Crippen molar-refractivity contribution in [2.24, 2.45) is 5.92 Å². The van der Waals surface area contributed by atoms with Crippen LogP contribution in [0.1, 0.15) is 88.1 Å². The predicted octanol–water partition coefficient (Wildman–Crippen LogP) is 10.7. The van der Waals surface area contributed by atoms with Crippen LogP contribution < -0.4 is 0 Å². The quantitative estimate of drug-likeness (QED) is 0.147. The highest BCUT2D eigenvalue weighted by Gasteiger charge is 2.24. The number of aryl methyl sites for hydroxylation is 3. The van der Waals surface area contributed by atoms with Crippen LogP contribution in [0, 0.1) is 32.5 Å². The molecular weight excluding hydrogens is 557 g/mol. The van der Waals surface area contributed by atoms with Gasteiger partial charge >= 0.3 is 0 Å². The number of benzene rings is 5. The molecule has 1 atom stereocenters. The Morgan fingerprint density at radius 1 is 0.733 bits per heavy atom. The fourth-order valence-corrected chi connectivity index (χ4v) is 7.13. The van der Waals surface area contributed by atoms with Gasteiger partial charge < -0.3 is 4.57 Å². The number of fused-ring (bicyclic) bond motifs is 5. The summed E-state index contributed by atoms with van der Waals surface area (Å²) in [4.78, 5) is 28.0. The van der Waals surface area contributed by atoms with Gasteiger partial charge in [0.2, 0.25) is 0 Å². The lowest BCUT2D eigenvalue weighted by Crippen LogP contribution is -2.11. The number of nitrogens with zero attached hydrogens (tertiary/aromatic N) is 1. The average Bonchev–Trinajstić information content (AvgIpc) is 3.34. The van der Waals surface area contributed by atoms with E-state index in [0.717, 1.165) is 80.6 Å². The van der Waals surface area contributed by atoms with Crippen molar-refractivity contribution in [1.29, 1.82) is 0 Å². The summed E-state index contributed by atoms with van der Waals surface area (Å²) in [6.45, 7) is 11.4. The van der Waals surface area contributed by atoms with Gasteiger partial charge in [0.1, 0.15) is 5.82 Å². The summed E-state index contributed by atoms with van der Waals surface area (Å²) in [6.07, 6.45) is 4.52. The number of ketones is 2. The molecule has 228 valence electrons. The zero-order chi connectivity index (χ0) is 31.8. The lowest BCUT2D eigenvalue weighted by molar-refractivity contribution is 0.102. The van der Waals surface area contributed by atoms with E-state index in [-0.39, 0.29) is 17.1 Å².